The fourth-order valence-electron chi connectivity index (χ4n) is 2.74. The molecule has 10 heteroatoms. The lowest BCUT2D eigenvalue weighted by Gasteiger charge is -2.35. The Kier molecular flexibility index (Phi) is 5.92. The maximum Gasteiger partial charge on any atom is 0.321 e. The van der Waals surface area contributed by atoms with E-state index in [1.165, 1.54) is 19.7 Å². The molecule has 1 aliphatic rings. The Hall–Kier alpha value is -3.07. The zero-order chi connectivity index (χ0) is 19.2. The first-order chi connectivity index (χ1) is 13.1. The predicted molar refractivity (Wildman–Crippen MR) is 105 cm³/mol. The summed E-state index contributed by atoms with van der Waals surface area (Å²) < 4.78 is 0. The zero-order valence-electron chi connectivity index (χ0n) is 14.8. The van der Waals surface area contributed by atoms with Crippen LogP contribution in [0.5, 0.6) is 0 Å². The van der Waals surface area contributed by atoms with E-state index in [1.807, 2.05) is 4.90 Å². The number of nitrogens with two attached hydrogens (primary N) is 1. The van der Waals surface area contributed by atoms with Gasteiger partial charge in [-0.3, -0.25) is 0 Å². The molecule has 1 fully saturated rings. The Morgan fingerprint density at radius 2 is 1.96 bits per heavy atom. The van der Waals surface area contributed by atoms with Crippen molar-refractivity contribution in [3.05, 3.63) is 41.2 Å². The van der Waals surface area contributed by atoms with E-state index in [0.717, 1.165) is 0 Å². The monoisotopic (exact) mass is 389 g/mol. The van der Waals surface area contributed by atoms with Crippen molar-refractivity contribution in [3.8, 4) is 0 Å². The molecule has 9 nitrogen and oxygen atoms in total. The molecule has 3 rings (SSSR count). The highest BCUT2D eigenvalue weighted by Crippen LogP contribution is 2.21. The van der Waals surface area contributed by atoms with Crippen molar-refractivity contribution in [2.24, 2.45) is 5.16 Å². The Bertz CT molecular complexity index is 821. The first-order valence-electron chi connectivity index (χ1n) is 8.32. The molecule has 27 heavy (non-hydrogen) atoms. The highest BCUT2D eigenvalue weighted by atomic mass is 35.5. The number of piperazine rings is 1. The van der Waals surface area contributed by atoms with Crippen LogP contribution in [0.1, 0.15) is 5.56 Å². The van der Waals surface area contributed by atoms with Crippen molar-refractivity contribution >= 4 is 41.2 Å². The Labute approximate surface area is 161 Å². The van der Waals surface area contributed by atoms with E-state index < -0.39 is 0 Å². The number of carbonyl (C=O) groups is 1. The first kappa shape index (κ1) is 18.7. The van der Waals surface area contributed by atoms with Gasteiger partial charge < -0.3 is 25.7 Å². The van der Waals surface area contributed by atoms with Crippen molar-refractivity contribution in [2.45, 2.75) is 0 Å². The number of hydrogen-bond acceptors (Lipinski definition) is 7. The van der Waals surface area contributed by atoms with E-state index in [4.69, 9.17) is 22.2 Å². The first-order valence-corrected chi connectivity index (χ1v) is 8.69. The molecule has 0 spiro atoms. The minimum Gasteiger partial charge on any atom is -0.399 e. The van der Waals surface area contributed by atoms with Gasteiger partial charge in [-0.2, -0.15) is 0 Å². The third-order valence-electron chi connectivity index (χ3n) is 4.14. The summed E-state index contributed by atoms with van der Waals surface area (Å²) in [4.78, 5) is 29.3. The van der Waals surface area contributed by atoms with Crippen molar-refractivity contribution in [2.75, 3.05) is 49.2 Å². The van der Waals surface area contributed by atoms with Gasteiger partial charge in [0.05, 0.1) is 11.8 Å². The normalized spacial score (nSPS) is 14.4. The molecular weight excluding hydrogens is 370 g/mol. The summed E-state index contributed by atoms with van der Waals surface area (Å²) in [5.74, 6) is 0.991. The number of hydrogen-bond donors (Lipinski definition) is 2. The summed E-state index contributed by atoms with van der Waals surface area (Å²) in [7, 11) is 1.45. The number of rotatable bonds is 4. The summed E-state index contributed by atoms with van der Waals surface area (Å²) in [6.07, 6.45) is 2.90. The van der Waals surface area contributed by atoms with Crippen LogP contribution in [0.2, 0.25) is 5.02 Å². The van der Waals surface area contributed by atoms with Gasteiger partial charge in [-0.15, -0.1) is 0 Å². The van der Waals surface area contributed by atoms with E-state index in [9.17, 15) is 4.79 Å². The van der Waals surface area contributed by atoms with E-state index >= 15 is 0 Å². The molecule has 2 heterocycles. The number of amides is 2. The van der Waals surface area contributed by atoms with Crippen LogP contribution in [0, 0.1) is 0 Å². The SMILES string of the molecule is CON=Cc1c(N)ncnc1N1CCN(C(=O)Nc2ccc(Cl)cc2)CC1. The van der Waals surface area contributed by atoms with Crippen molar-refractivity contribution in [1.82, 2.24) is 14.9 Å². The van der Waals surface area contributed by atoms with Gasteiger partial charge in [-0.05, 0) is 24.3 Å². The zero-order valence-corrected chi connectivity index (χ0v) is 15.6. The van der Waals surface area contributed by atoms with Gasteiger partial charge in [-0.1, -0.05) is 16.8 Å². The average Bonchev–Trinajstić information content (AvgIpc) is 2.69. The van der Waals surface area contributed by atoms with Gasteiger partial charge in [0.1, 0.15) is 25.1 Å². The summed E-state index contributed by atoms with van der Waals surface area (Å²) in [5, 5.41) is 7.25. The van der Waals surface area contributed by atoms with Gasteiger partial charge in [-0.25, -0.2) is 14.8 Å². The number of nitrogen functional groups attached to an aromatic ring is 1. The molecule has 3 N–H and O–H groups in total. The molecule has 0 atom stereocenters. The largest absolute Gasteiger partial charge is 0.399 e. The number of urea groups is 1. The molecule has 2 aromatic rings. The number of benzene rings is 1. The van der Waals surface area contributed by atoms with E-state index in [0.29, 0.717) is 54.1 Å². The highest BCUT2D eigenvalue weighted by molar-refractivity contribution is 6.30. The van der Waals surface area contributed by atoms with Gasteiger partial charge in [0.15, 0.2) is 0 Å². The number of oxime groups is 1. The van der Waals surface area contributed by atoms with Crippen LogP contribution in [-0.4, -0.2) is 60.4 Å². The predicted octanol–water partition coefficient (Wildman–Crippen LogP) is 2.05. The molecule has 1 aromatic heterocycles. The fourth-order valence-corrected chi connectivity index (χ4v) is 2.86. The van der Waals surface area contributed by atoms with E-state index in [-0.39, 0.29) is 6.03 Å². The van der Waals surface area contributed by atoms with E-state index in [2.05, 4.69) is 20.4 Å². The van der Waals surface area contributed by atoms with Crippen molar-refractivity contribution < 1.29 is 9.63 Å². The quantitative estimate of drug-likeness (QED) is 0.611. The smallest absolute Gasteiger partial charge is 0.321 e. The molecule has 0 saturated carbocycles. The Morgan fingerprint density at radius 1 is 1.26 bits per heavy atom. The van der Waals surface area contributed by atoms with Gasteiger partial charge in [0.2, 0.25) is 0 Å². The molecule has 1 aliphatic heterocycles. The number of carbonyl (C=O) groups excluding carboxylic acids is 1. The minimum atomic E-state index is -0.152. The van der Waals surface area contributed by atoms with Crippen LogP contribution >= 0.6 is 11.6 Å². The molecule has 1 aromatic carbocycles. The van der Waals surface area contributed by atoms with Crippen LogP contribution in [0.3, 0.4) is 0 Å². The number of anilines is 3. The molecule has 1 saturated heterocycles. The van der Waals surface area contributed by atoms with E-state index in [1.54, 1.807) is 29.2 Å². The lowest BCUT2D eigenvalue weighted by molar-refractivity contribution is 0.208. The third-order valence-corrected chi connectivity index (χ3v) is 4.39. The second-order valence-corrected chi connectivity index (χ2v) is 6.26. The molecule has 142 valence electrons. The van der Waals surface area contributed by atoms with Crippen LogP contribution in [0.15, 0.2) is 35.7 Å². The van der Waals surface area contributed by atoms with Crippen LogP contribution < -0.4 is 16.0 Å². The lowest BCUT2D eigenvalue weighted by atomic mass is 10.2. The van der Waals surface area contributed by atoms with Crippen LogP contribution in [0.4, 0.5) is 22.1 Å². The molecule has 2 amide bonds. The average molecular weight is 390 g/mol. The van der Waals surface area contributed by atoms with Gasteiger partial charge in [0.25, 0.3) is 0 Å². The fraction of sp³-hybridized carbons (Fsp3) is 0.294. The van der Waals surface area contributed by atoms with Crippen LogP contribution in [-0.2, 0) is 4.84 Å². The number of nitrogens with one attached hydrogen (secondary N) is 1. The molecule has 0 bridgehead atoms. The van der Waals surface area contributed by atoms with Crippen molar-refractivity contribution in [3.63, 3.8) is 0 Å². The topological polar surface area (TPSA) is 109 Å². The molecule has 0 unspecified atom stereocenters. The summed E-state index contributed by atoms with van der Waals surface area (Å²) >= 11 is 5.86. The summed E-state index contributed by atoms with van der Waals surface area (Å²) in [6.45, 7) is 2.31. The molecule has 0 radical (unpaired) electrons. The lowest BCUT2D eigenvalue weighted by Crippen LogP contribution is -2.50. The maximum atomic E-state index is 12.4. The second kappa shape index (κ2) is 8.54. The van der Waals surface area contributed by atoms with Gasteiger partial charge >= 0.3 is 6.03 Å². The second-order valence-electron chi connectivity index (χ2n) is 5.82. The number of nitrogens with zero attached hydrogens (tertiary/aromatic N) is 5. The molecule has 0 aliphatic carbocycles. The van der Waals surface area contributed by atoms with Gasteiger partial charge in [0, 0.05) is 36.9 Å². The highest BCUT2D eigenvalue weighted by Gasteiger charge is 2.24. The third kappa shape index (κ3) is 4.56. The maximum absolute atomic E-state index is 12.4. The minimum absolute atomic E-state index is 0.152. The Morgan fingerprint density at radius 3 is 2.63 bits per heavy atom. The van der Waals surface area contributed by atoms with Crippen molar-refractivity contribution in [1.29, 1.82) is 0 Å². The number of aromatic nitrogens is 2. The summed E-state index contributed by atoms with van der Waals surface area (Å²) in [5.41, 5.74) is 7.23. The number of halogens is 1. The Balaban J connectivity index is 1.63. The summed E-state index contributed by atoms with van der Waals surface area (Å²) in [6, 6.07) is 6.85. The van der Waals surface area contributed by atoms with Crippen LogP contribution in [0.25, 0.3) is 0 Å². The standard InChI is InChI=1S/C17H20ClN7O2/c1-27-22-10-14-15(19)20-11-21-16(14)24-6-8-25(9-7-24)17(26)23-13-4-2-12(18)3-5-13/h2-5,10-11H,6-9H2,1H3,(H,23,26)(H2,19,20,21). The molecular formula is C17H20ClN7O2.